The average Bonchev–Trinajstić information content (AvgIpc) is 2.65. The molecule has 27 heavy (non-hydrogen) atoms. The van der Waals surface area contributed by atoms with Gasteiger partial charge in [-0.25, -0.2) is 4.79 Å². The van der Waals surface area contributed by atoms with E-state index in [1.165, 1.54) is 0 Å². The van der Waals surface area contributed by atoms with Gasteiger partial charge >= 0.3 is 5.97 Å². The SMILES string of the molecule is C[C@@]12CC(=O)CC[C@@H]1C(=O)c1ccccc1[C@@H]2OC(=O)c1ccc(Br)cc1. The van der Waals surface area contributed by atoms with E-state index in [4.69, 9.17) is 4.74 Å². The monoisotopic (exact) mass is 426 g/mol. The number of halogens is 1. The smallest absolute Gasteiger partial charge is 0.338 e. The molecule has 2 aromatic carbocycles. The maximum absolute atomic E-state index is 13.0. The summed E-state index contributed by atoms with van der Waals surface area (Å²) >= 11 is 3.35. The Kier molecular flexibility index (Phi) is 4.50. The van der Waals surface area contributed by atoms with Gasteiger partial charge in [0, 0.05) is 39.8 Å². The van der Waals surface area contributed by atoms with Gasteiger partial charge in [0.15, 0.2) is 5.78 Å². The summed E-state index contributed by atoms with van der Waals surface area (Å²) in [4.78, 5) is 38.1. The molecule has 1 saturated carbocycles. The summed E-state index contributed by atoms with van der Waals surface area (Å²) in [5.74, 6) is -0.593. The van der Waals surface area contributed by atoms with Gasteiger partial charge in [0.1, 0.15) is 11.9 Å². The zero-order valence-corrected chi connectivity index (χ0v) is 16.5. The van der Waals surface area contributed by atoms with Crippen LogP contribution in [0, 0.1) is 11.3 Å². The maximum Gasteiger partial charge on any atom is 0.338 e. The summed E-state index contributed by atoms with van der Waals surface area (Å²) < 4.78 is 6.83. The van der Waals surface area contributed by atoms with Gasteiger partial charge in [-0.15, -0.1) is 0 Å². The van der Waals surface area contributed by atoms with Gasteiger partial charge < -0.3 is 4.74 Å². The Morgan fingerprint density at radius 3 is 2.56 bits per heavy atom. The zero-order valence-electron chi connectivity index (χ0n) is 14.9. The lowest BCUT2D eigenvalue weighted by molar-refractivity contribution is -0.130. The van der Waals surface area contributed by atoms with E-state index in [1.807, 2.05) is 25.1 Å². The molecule has 0 amide bonds. The summed E-state index contributed by atoms with van der Waals surface area (Å²) in [6.45, 7) is 1.90. The van der Waals surface area contributed by atoms with Crippen LogP contribution in [0.4, 0.5) is 0 Å². The molecule has 0 bridgehead atoms. The van der Waals surface area contributed by atoms with E-state index < -0.39 is 17.5 Å². The van der Waals surface area contributed by atoms with Crippen LogP contribution in [-0.4, -0.2) is 17.5 Å². The first-order valence-corrected chi connectivity index (χ1v) is 9.81. The molecule has 0 aliphatic heterocycles. The lowest BCUT2D eigenvalue weighted by atomic mass is 9.57. The van der Waals surface area contributed by atoms with Crippen molar-refractivity contribution < 1.29 is 19.1 Å². The van der Waals surface area contributed by atoms with Gasteiger partial charge in [-0.3, -0.25) is 9.59 Å². The number of rotatable bonds is 2. The van der Waals surface area contributed by atoms with Crippen LogP contribution in [-0.2, 0) is 9.53 Å². The second kappa shape index (κ2) is 6.71. The number of fused-ring (bicyclic) bond motifs is 2. The minimum atomic E-state index is -0.716. The molecule has 2 aromatic rings. The van der Waals surface area contributed by atoms with Gasteiger partial charge in [0.05, 0.1) is 5.56 Å². The first-order valence-electron chi connectivity index (χ1n) is 9.01. The van der Waals surface area contributed by atoms with Crippen molar-refractivity contribution in [3.05, 3.63) is 69.7 Å². The first-order chi connectivity index (χ1) is 12.9. The molecule has 4 nitrogen and oxygen atoms in total. The lowest BCUT2D eigenvalue weighted by Gasteiger charge is -2.48. The standard InChI is InChI=1S/C22H19BrO4/c1-22-12-15(24)10-11-18(22)19(25)16-4-2-3-5-17(16)20(22)27-21(26)13-6-8-14(23)9-7-13/h2-9,18,20H,10-12H2,1H3/t18-,20+,22-/m1/s1. The van der Waals surface area contributed by atoms with Crippen molar-refractivity contribution in [1.82, 2.24) is 0 Å². The van der Waals surface area contributed by atoms with Gasteiger partial charge in [-0.05, 0) is 30.7 Å². The molecule has 0 N–H and O–H groups in total. The van der Waals surface area contributed by atoms with Crippen molar-refractivity contribution in [2.24, 2.45) is 11.3 Å². The first kappa shape index (κ1) is 18.1. The second-order valence-corrected chi connectivity index (χ2v) is 8.47. The highest BCUT2D eigenvalue weighted by Gasteiger charge is 2.55. The Hall–Kier alpha value is -2.27. The predicted molar refractivity (Wildman–Crippen MR) is 104 cm³/mol. The van der Waals surface area contributed by atoms with Gasteiger partial charge in [-0.1, -0.05) is 47.1 Å². The molecule has 0 spiro atoms. The van der Waals surface area contributed by atoms with Crippen molar-refractivity contribution in [3.8, 4) is 0 Å². The van der Waals surface area contributed by atoms with E-state index in [0.717, 1.165) is 4.47 Å². The van der Waals surface area contributed by atoms with E-state index in [9.17, 15) is 14.4 Å². The number of esters is 1. The molecular formula is C22H19BrO4. The third-order valence-corrected chi connectivity index (χ3v) is 6.34. The topological polar surface area (TPSA) is 60.4 Å². The van der Waals surface area contributed by atoms with Crippen LogP contribution in [0.1, 0.15) is 58.6 Å². The largest absolute Gasteiger partial charge is 0.453 e. The summed E-state index contributed by atoms with van der Waals surface area (Å²) in [5.41, 5.74) is 1.02. The van der Waals surface area contributed by atoms with E-state index in [1.54, 1.807) is 30.3 Å². The highest BCUT2D eigenvalue weighted by Crippen LogP contribution is 2.55. The average molecular weight is 427 g/mol. The molecule has 138 valence electrons. The normalized spacial score (nSPS) is 26.9. The Balaban J connectivity index is 1.76. The number of Topliss-reactive ketones (excluding diaryl/α,β-unsaturated/α-hetero) is 2. The molecular weight excluding hydrogens is 408 g/mol. The molecule has 0 radical (unpaired) electrons. The molecule has 2 aliphatic rings. The van der Waals surface area contributed by atoms with Crippen molar-refractivity contribution >= 4 is 33.5 Å². The van der Waals surface area contributed by atoms with Crippen LogP contribution in [0.5, 0.6) is 0 Å². The van der Waals surface area contributed by atoms with Crippen LogP contribution in [0.25, 0.3) is 0 Å². The minimum absolute atomic E-state index is 0.0524. The molecule has 0 aromatic heterocycles. The molecule has 0 heterocycles. The Morgan fingerprint density at radius 1 is 1.11 bits per heavy atom. The summed E-state index contributed by atoms with van der Waals surface area (Å²) in [5, 5.41) is 0. The van der Waals surface area contributed by atoms with Crippen LogP contribution < -0.4 is 0 Å². The third-order valence-electron chi connectivity index (χ3n) is 5.81. The fraction of sp³-hybridized carbons (Fsp3) is 0.318. The van der Waals surface area contributed by atoms with Crippen LogP contribution >= 0.6 is 15.9 Å². The van der Waals surface area contributed by atoms with Crippen molar-refractivity contribution in [3.63, 3.8) is 0 Å². The van der Waals surface area contributed by atoms with Crippen molar-refractivity contribution in [2.75, 3.05) is 0 Å². The number of carbonyl (C=O) groups excluding carboxylic acids is 3. The highest BCUT2D eigenvalue weighted by molar-refractivity contribution is 9.10. The minimum Gasteiger partial charge on any atom is -0.453 e. The number of hydrogen-bond acceptors (Lipinski definition) is 4. The third kappa shape index (κ3) is 3.04. The molecule has 2 aliphatic carbocycles. The second-order valence-electron chi connectivity index (χ2n) is 7.56. The van der Waals surface area contributed by atoms with E-state index in [2.05, 4.69) is 15.9 Å². The van der Waals surface area contributed by atoms with Crippen molar-refractivity contribution in [2.45, 2.75) is 32.3 Å². The summed E-state index contributed by atoms with van der Waals surface area (Å²) in [7, 11) is 0. The number of ketones is 2. The van der Waals surface area contributed by atoms with Gasteiger partial charge in [-0.2, -0.15) is 0 Å². The van der Waals surface area contributed by atoms with Crippen LogP contribution in [0.3, 0.4) is 0 Å². The van der Waals surface area contributed by atoms with Crippen LogP contribution in [0.2, 0.25) is 0 Å². The molecule has 5 heteroatoms. The molecule has 4 rings (SSSR count). The zero-order chi connectivity index (χ0) is 19.2. The fourth-order valence-electron chi connectivity index (χ4n) is 4.43. The highest BCUT2D eigenvalue weighted by atomic mass is 79.9. The Labute approximate surface area is 166 Å². The van der Waals surface area contributed by atoms with E-state index in [-0.39, 0.29) is 23.9 Å². The van der Waals surface area contributed by atoms with E-state index >= 15 is 0 Å². The fourth-order valence-corrected chi connectivity index (χ4v) is 4.69. The summed E-state index contributed by atoms with van der Waals surface area (Å²) in [6, 6.07) is 14.2. The van der Waals surface area contributed by atoms with E-state index in [0.29, 0.717) is 29.5 Å². The van der Waals surface area contributed by atoms with Crippen molar-refractivity contribution in [1.29, 1.82) is 0 Å². The van der Waals surface area contributed by atoms with Gasteiger partial charge in [0.25, 0.3) is 0 Å². The quantitative estimate of drug-likeness (QED) is 0.639. The molecule has 0 saturated heterocycles. The number of ether oxygens (including phenoxy) is 1. The number of carbonyl (C=O) groups is 3. The van der Waals surface area contributed by atoms with Gasteiger partial charge in [0.2, 0.25) is 0 Å². The Morgan fingerprint density at radius 2 is 1.81 bits per heavy atom. The maximum atomic E-state index is 13.0. The predicted octanol–water partition coefficient (Wildman–Crippen LogP) is 4.92. The molecule has 0 unspecified atom stereocenters. The Bertz CT molecular complexity index is 934. The number of benzene rings is 2. The number of hydrogen-bond donors (Lipinski definition) is 0. The summed E-state index contributed by atoms with van der Waals surface area (Å²) in [6.07, 6.45) is 0.531. The van der Waals surface area contributed by atoms with Crippen LogP contribution in [0.15, 0.2) is 53.0 Å². The lowest BCUT2D eigenvalue weighted by Crippen LogP contribution is -2.48. The molecule has 3 atom stereocenters. The molecule has 1 fully saturated rings.